The molecule has 7 nitrogen and oxygen atoms in total. The molecule has 3 N–H and O–H groups in total. The molecule has 2 aliphatic carbocycles. The van der Waals surface area contributed by atoms with Crippen LogP contribution in [0.3, 0.4) is 0 Å². The summed E-state index contributed by atoms with van der Waals surface area (Å²) >= 11 is 2.17. The van der Waals surface area contributed by atoms with Crippen LogP contribution in [0.1, 0.15) is 24.8 Å². The number of amides is 2. The van der Waals surface area contributed by atoms with E-state index in [1.165, 1.54) is 0 Å². The predicted octanol–water partition coefficient (Wildman–Crippen LogP) is 2.69. The number of para-hydroxylation sites is 1. The number of hydrogen-bond acceptors (Lipinski definition) is 5. The second-order valence-electron chi connectivity index (χ2n) is 9.10. The number of ether oxygens (including phenoxy) is 1. The molecule has 2 aromatic carbocycles. The van der Waals surface area contributed by atoms with E-state index in [9.17, 15) is 14.7 Å². The molecule has 0 bridgehead atoms. The van der Waals surface area contributed by atoms with E-state index in [1.807, 2.05) is 54.6 Å². The van der Waals surface area contributed by atoms with E-state index in [0.717, 1.165) is 22.0 Å². The van der Waals surface area contributed by atoms with E-state index < -0.39 is 18.2 Å². The highest BCUT2D eigenvalue weighted by atomic mass is 127. The van der Waals surface area contributed by atoms with Crippen molar-refractivity contribution in [3.8, 4) is 5.75 Å². The summed E-state index contributed by atoms with van der Waals surface area (Å²) in [7, 11) is 0. The van der Waals surface area contributed by atoms with Crippen LogP contribution in [-0.2, 0) is 16.0 Å². The van der Waals surface area contributed by atoms with E-state index in [0.29, 0.717) is 23.8 Å². The highest BCUT2D eigenvalue weighted by Crippen LogP contribution is 2.34. The summed E-state index contributed by atoms with van der Waals surface area (Å²) in [5.74, 6) is 0.619. The molecule has 1 saturated carbocycles. The smallest absolute Gasteiger partial charge is 0.247 e. The number of rotatable bonds is 10. The molecule has 8 heteroatoms. The molecule has 0 aromatic heterocycles. The minimum Gasteiger partial charge on any atom is -0.482 e. The normalized spacial score (nSPS) is 21.7. The Labute approximate surface area is 219 Å². The molecule has 2 amide bonds. The van der Waals surface area contributed by atoms with Crippen LogP contribution in [0.2, 0.25) is 0 Å². The Morgan fingerprint density at radius 2 is 1.80 bits per heavy atom. The minimum atomic E-state index is -1.00. The van der Waals surface area contributed by atoms with E-state index in [2.05, 4.69) is 27.9 Å². The number of halogens is 1. The zero-order valence-electron chi connectivity index (χ0n) is 19.5. The first kappa shape index (κ1) is 25.7. The average molecular weight is 590 g/mol. The fourth-order valence-corrected chi connectivity index (χ4v) is 4.85. The first-order valence-electron chi connectivity index (χ1n) is 12.0. The third kappa shape index (κ3) is 6.83. The quantitative estimate of drug-likeness (QED) is 0.370. The van der Waals surface area contributed by atoms with Crippen LogP contribution in [0.25, 0.3) is 0 Å². The van der Waals surface area contributed by atoms with Gasteiger partial charge in [0.2, 0.25) is 11.8 Å². The van der Waals surface area contributed by atoms with Gasteiger partial charge in [0.1, 0.15) is 18.0 Å². The summed E-state index contributed by atoms with van der Waals surface area (Å²) in [5, 5.41) is 23.3. The second-order valence-corrected chi connectivity index (χ2v) is 10.3. The monoisotopic (exact) mass is 590 g/mol. The lowest BCUT2D eigenvalue weighted by molar-refractivity contribution is -0.138. The van der Waals surface area contributed by atoms with Crippen LogP contribution in [0, 0.1) is 9.49 Å². The standard InChI is InChI=1S/C27H31IN2O5/c28-21-8-4-5-9-23(21)35-24-16-20(27(34)29-12-13-31)15-22(26(24)33)30(17-19-10-11-19)25(32)14-18-6-2-1-3-7-18/h1-9,16,19,22,24,26,31,33H,10-15,17H2,(H,29,34). The summed E-state index contributed by atoms with van der Waals surface area (Å²) < 4.78 is 7.06. The van der Waals surface area contributed by atoms with Gasteiger partial charge in [-0.05, 0) is 65.1 Å². The lowest BCUT2D eigenvalue weighted by Crippen LogP contribution is -2.56. The van der Waals surface area contributed by atoms with Gasteiger partial charge in [-0.2, -0.15) is 0 Å². The topological polar surface area (TPSA) is 99.1 Å². The van der Waals surface area contributed by atoms with E-state index in [1.54, 1.807) is 11.0 Å². The van der Waals surface area contributed by atoms with Gasteiger partial charge in [-0.1, -0.05) is 42.5 Å². The van der Waals surface area contributed by atoms with Gasteiger partial charge < -0.3 is 25.2 Å². The number of hydrogen-bond donors (Lipinski definition) is 3. The van der Waals surface area contributed by atoms with E-state index in [4.69, 9.17) is 9.84 Å². The number of nitrogens with one attached hydrogen (secondary N) is 1. The van der Waals surface area contributed by atoms with Crippen molar-refractivity contribution in [2.45, 2.75) is 43.9 Å². The van der Waals surface area contributed by atoms with Gasteiger partial charge >= 0.3 is 0 Å². The molecule has 2 aliphatic rings. The van der Waals surface area contributed by atoms with Crippen LogP contribution >= 0.6 is 22.6 Å². The van der Waals surface area contributed by atoms with Crippen LogP contribution in [0.5, 0.6) is 5.75 Å². The summed E-state index contributed by atoms with van der Waals surface area (Å²) in [4.78, 5) is 28.1. The summed E-state index contributed by atoms with van der Waals surface area (Å²) in [6.45, 7) is 0.509. The van der Waals surface area contributed by atoms with Gasteiger partial charge in [0.25, 0.3) is 0 Å². The molecule has 186 valence electrons. The number of carbonyl (C=O) groups is 2. The number of nitrogens with zero attached hydrogens (tertiary/aromatic N) is 1. The highest BCUT2D eigenvalue weighted by molar-refractivity contribution is 14.1. The average Bonchev–Trinajstić information content (AvgIpc) is 3.68. The van der Waals surface area contributed by atoms with Crippen LogP contribution in [0.4, 0.5) is 0 Å². The number of aliphatic hydroxyl groups excluding tert-OH is 2. The van der Waals surface area contributed by atoms with Crippen molar-refractivity contribution in [1.82, 2.24) is 10.2 Å². The Hall–Kier alpha value is -2.43. The molecule has 3 unspecified atom stereocenters. The molecular formula is C27H31IN2O5. The van der Waals surface area contributed by atoms with Crippen molar-refractivity contribution < 1.29 is 24.5 Å². The largest absolute Gasteiger partial charge is 0.482 e. The van der Waals surface area contributed by atoms with Crippen molar-refractivity contribution in [2.75, 3.05) is 19.7 Å². The van der Waals surface area contributed by atoms with Crippen molar-refractivity contribution in [3.63, 3.8) is 0 Å². The second kappa shape index (κ2) is 12.0. The number of carbonyl (C=O) groups excluding carboxylic acids is 2. The summed E-state index contributed by atoms with van der Waals surface area (Å²) in [6.07, 6.45) is 2.41. The molecule has 0 aliphatic heterocycles. The van der Waals surface area contributed by atoms with Crippen molar-refractivity contribution in [2.24, 2.45) is 5.92 Å². The summed E-state index contributed by atoms with van der Waals surface area (Å²) in [6, 6.07) is 16.4. The molecule has 0 spiro atoms. The molecule has 2 aromatic rings. The van der Waals surface area contributed by atoms with Gasteiger partial charge in [-0.15, -0.1) is 0 Å². The lowest BCUT2D eigenvalue weighted by atomic mass is 9.87. The maximum atomic E-state index is 13.5. The Morgan fingerprint density at radius 3 is 2.49 bits per heavy atom. The molecule has 3 atom stereocenters. The minimum absolute atomic E-state index is 0.0720. The van der Waals surface area contributed by atoms with Gasteiger partial charge in [0.15, 0.2) is 0 Å². The maximum Gasteiger partial charge on any atom is 0.247 e. The van der Waals surface area contributed by atoms with E-state index in [-0.39, 0.29) is 37.8 Å². The van der Waals surface area contributed by atoms with Gasteiger partial charge in [0, 0.05) is 25.1 Å². The Balaban J connectivity index is 1.62. The fourth-order valence-electron chi connectivity index (χ4n) is 4.34. The maximum absolute atomic E-state index is 13.5. The van der Waals surface area contributed by atoms with E-state index >= 15 is 0 Å². The molecule has 0 saturated heterocycles. The van der Waals surface area contributed by atoms with Crippen molar-refractivity contribution >= 4 is 34.4 Å². The number of aliphatic hydroxyl groups is 2. The van der Waals surface area contributed by atoms with Gasteiger partial charge in [-0.3, -0.25) is 9.59 Å². The SMILES string of the molecule is O=C(NCCO)C1=CC(Oc2ccccc2I)C(O)C(N(CC2CC2)C(=O)Cc2ccccc2)C1. The Bertz CT molecular complexity index is 1060. The molecular weight excluding hydrogens is 559 g/mol. The van der Waals surface area contributed by atoms with Crippen LogP contribution < -0.4 is 10.1 Å². The number of benzene rings is 2. The first-order valence-corrected chi connectivity index (χ1v) is 13.1. The van der Waals surface area contributed by atoms with Crippen LogP contribution in [-0.4, -0.2) is 64.9 Å². The van der Waals surface area contributed by atoms with Crippen molar-refractivity contribution in [1.29, 1.82) is 0 Å². The van der Waals surface area contributed by atoms with Gasteiger partial charge in [0.05, 0.1) is 22.6 Å². The zero-order chi connectivity index (χ0) is 24.8. The lowest BCUT2D eigenvalue weighted by Gasteiger charge is -2.40. The highest BCUT2D eigenvalue weighted by Gasteiger charge is 2.42. The Kier molecular flexibility index (Phi) is 8.80. The third-order valence-electron chi connectivity index (χ3n) is 6.38. The molecule has 0 radical (unpaired) electrons. The molecule has 1 fully saturated rings. The zero-order valence-corrected chi connectivity index (χ0v) is 21.6. The third-order valence-corrected chi connectivity index (χ3v) is 7.28. The molecule has 35 heavy (non-hydrogen) atoms. The fraction of sp³-hybridized carbons (Fsp3) is 0.407. The van der Waals surface area contributed by atoms with Gasteiger partial charge in [-0.25, -0.2) is 0 Å². The predicted molar refractivity (Wildman–Crippen MR) is 141 cm³/mol. The first-order chi connectivity index (χ1) is 17.0. The molecule has 4 rings (SSSR count). The summed E-state index contributed by atoms with van der Waals surface area (Å²) in [5.41, 5.74) is 1.35. The van der Waals surface area contributed by atoms with Crippen LogP contribution in [0.15, 0.2) is 66.2 Å². The van der Waals surface area contributed by atoms with Crippen molar-refractivity contribution in [3.05, 3.63) is 75.4 Å². The molecule has 0 heterocycles. The Morgan fingerprint density at radius 1 is 1.09 bits per heavy atom.